The van der Waals surface area contributed by atoms with Crippen molar-refractivity contribution in [1.29, 1.82) is 0 Å². The van der Waals surface area contributed by atoms with Crippen LogP contribution in [0.1, 0.15) is 12.7 Å². The first kappa shape index (κ1) is 14.7. The molecule has 1 atom stereocenters. The Morgan fingerprint density at radius 1 is 1.30 bits per heavy atom. The zero-order valence-corrected chi connectivity index (χ0v) is 11.5. The van der Waals surface area contributed by atoms with Crippen LogP contribution in [0.2, 0.25) is 0 Å². The molecule has 0 aliphatic heterocycles. The van der Waals surface area contributed by atoms with Crippen molar-refractivity contribution in [3.05, 3.63) is 54.0 Å². The van der Waals surface area contributed by atoms with Crippen LogP contribution in [-0.4, -0.2) is 14.5 Å². The van der Waals surface area contributed by atoms with Gasteiger partial charge >= 0.3 is 0 Å². The van der Waals surface area contributed by atoms with Crippen LogP contribution in [-0.2, 0) is 16.4 Å². The normalized spacial score (nSPS) is 13.3. The quantitative estimate of drug-likeness (QED) is 0.923. The maximum atomic E-state index is 13.5. The van der Waals surface area contributed by atoms with Crippen LogP contribution in [0.3, 0.4) is 0 Å². The van der Waals surface area contributed by atoms with Crippen molar-refractivity contribution >= 4 is 10.0 Å². The number of rotatable bonds is 5. The summed E-state index contributed by atoms with van der Waals surface area (Å²) in [5.41, 5.74) is 0. The van der Waals surface area contributed by atoms with Crippen LogP contribution < -0.4 is 4.72 Å². The lowest BCUT2D eigenvalue weighted by Crippen LogP contribution is -2.34. The zero-order chi connectivity index (χ0) is 14.8. The lowest BCUT2D eigenvalue weighted by molar-refractivity contribution is 0.477. The van der Waals surface area contributed by atoms with E-state index in [2.05, 4.69) is 4.72 Å². The summed E-state index contributed by atoms with van der Waals surface area (Å²) < 4.78 is 57.7. The smallest absolute Gasteiger partial charge is 0.243 e. The summed E-state index contributed by atoms with van der Waals surface area (Å²) >= 11 is 0. The van der Waals surface area contributed by atoms with Gasteiger partial charge in [-0.1, -0.05) is 0 Å². The van der Waals surface area contributed by atoms with Crippen molar-refractivity contribution in [2.45, 2.75) is 24.3 Å². The molecule has 0 fully saturated rings. The molecule has 0 saturated carbocycles. The fourth-order valence-electron chi connectivity index (χ4n) is 1.79. The predicted molar refractivity (Wildman–Crippen MR) is 68.6 cm³/mol. The first-order valence-electron chi connectivity index (χ1n) is 5.88. The number of furan rings is 1. The van der Waals surface area contributed by atoms with Gasteiger partial charge in [-0.3, -0.25) is 0 Å². The molecular weight excluding hydrogens is 288 g/mol. The third kappa shape index (κ3) is 3.43. The molecule has 1 N–H and O–H groups in total. The molecular formula is C13H13F2NO3S. The van der Waals surface area contributed by atoms with Gasteiger partial charge in [-0.05, 0) is 31.2 Å². The van der Waals surface area contributed by atoms with Gasteiger partial charge < -0.3 is 4.42 Å². The third-order valence-corrected chi connectivity index (χ3v) is 4.25. The highest BCUT2D eigenvalue weighted by atomic mass is 32.2. The molecule has 4 nitrogen and oxygen atoms in total. The molecule has 0 aliphatic carbocycles. The molecule has 2 rings (SSSR count). The predicted octanol–water partition coefficient (Wildman–Crippen LogP) is 2.47. The van der Waals surface area contributed by atoms with Crippen LogP contribution >= 0.6 is 0 Å². The molecule has 2 aromatic rings. The Labute approximate surface area is 115 Å². The Morgan fingerprint density at radius 2 is 2.05 bits per heavy atom. The highest BCUT2D eigenvalue weighted by Gasteiger charge is 2.22. The van der Waals surface area contributed by atoms with Gasteiger partial charge in [0.15, 0.2) is 0 Å². The second-order valence-corrected chi connectivity index (χ2v) is 6.06. The third-order valence-electron chi connectivity index (χ3n) is 2.63. The molecule has 0 aliphatic rings. The van der Waals surface area contributed by atoms with E-state index in [-0.39, 0.29) is 0 Å². The van der Waals surface area contributed by atoms with Crippen LogP contribution in [0.5, 0.6) is 0 Å². The number of hydrogen-bond acceptors (Lipinski definition) is 3. The molecule has 0 spiro atoms. The van der Waals surface area contributed by atoms with Crippen LogP contribution in [0.15, 0.2) is 45.9 Å². The maximum Gasteiger partial charge on any atom is 0.243 e. The molecule has 0 bridgehead atoms. The molecule has 7 heteroatoms. The van der Waals surface area contributed by atoms with Gasteiger partial charge in [-0.25, -0.2) is 21.9 Å². The van der Waals surface area contributed by atoms with E-state index in [9.17, 15) is 17.2 Å². The lowest BCUT2D eigenvalue weighted by Gasteiger charge is -2.13. The van der Waals surface area contributed by atoms with E-state index in [1.165, 1.54) is 6.26 Å². The topological polar surface area (TPSA) is 59.3 Å². The molecule has 0 radical (unpaired) electrons. The highest BCUT2D eigenvalue weighted by Crippen LogP contribution is 2.16. The van der Waals surface area contributed by atoms with Crippen molar-refractivity contribution in [1.82, 2.24) is 4.72 Å². The second-order valence-electron chi connectivity index (χ2n) is 4.38. The molecule has 0 amide bonds. The number of nitrogens with one attached hydrogen (secondary N) is 1. The SMILES string of the molecule is CC(Cc1ccco1)NS(=O)(=O)c1ccc(F)cc1F. The monoisotopic (exact) mass is 301 g/mol. The van der Waals surface area contributed by atoms with E-state index in [0.29, 0.717) is 18.2 Å². The fraction of sp³-hybridized carbons (Fsp3) is 0.231. The van der Waals surface area contributed by atoms with Crippen molar-refractivity contribution in [3.8, 4) is 0 Å². The van der Waals surface area contributed by atoms with E-state index < -0.39 is 32.6 Å². The molecule has 1 unspecified atom stereocenters. The fourth-order valence-corrected chi connectivity index (χ4v) is 3.10. The Morgan fingerprint density at radius 3 is 2.65 bits per heavy atom. The summed E-state index contributed by atoms with van der Waals surface area (Å²) in [5.74, 6) is -1.34. The van der Waals surface area contributed by atoms with Gasteiger partial charge in [0.1, 0.15) is 22.3 Å². The Bertz CT molecular complexity index is 684. The van der Waals surface area contributed by atoms with Crippen LogP contribution in [0.4, 0.5) is 8.78 Å². The van der Waals surface area contributed by atoms with E-state index in [1.807, 2.05) is 0 Å². The van der Waals surface area contributed by atoms with E-state index in [1.54, 1.807) is 19.1 Å². The molecule has 20 heavy (non-hydrogen) atoms. The Hall–Kier alpha value is -1.73. The maximum absolute atomic E-state index is 13.5. The van der Waals surface area contributed by atoms with Gasteiger partial charge in [0, 0.05) is 18.5 Å². The van der Waals surface area contributed by atoms with Crippen LogP contribution in [0.25, 0.3) is 0 Å². The van der Waals surface area contributed by atoms with Gasteiger partial charge in [-0.15, -0.1) is 0 Å². The zero-order valence-electron chi connectivity index (χ0n) is 10.6. The lowest BCUT2D eigenvalue weighted by atomic mass is 10.2. The van der Waals surface area contributed by atoms with Gasteiger partial charge in [0.2, 0.25) is 10.0 Å². The van der Waals surface area contributed by atoms with Crippen molar-refractivity contribution < 1.29 is 21.6 Å². The van der Waals surface area contributed by atoms with E-state index in [0.717, 1.165) is 12.1 Å². The summed E-state index contributed by atoms with van der Waals surface area (Å²) in [7, 11) is -4.04. The average Bonchev–Trinajstić information content (AvgIpc) is 2.79. The Kier molecular flexibility index (Phi) is 4.20. The standard InChI is InChI=1S/C13H13F2NO3S/c1-9(7-11-3-2-6-19-11)16-20(17,18)13-5-4-10(14)8-12(13)15/h2-6,8-9,16H,7H2,1H3. The minimum atomic E-state index is -4.04. The number of benzene rings is 1. The Balaban J connectivity index is 2.14. The summed E-state index contributed by atoms with van der Waals surface area (Å²) in [4.78, 5) is -0.579. The largest absolute Gasteiger partial charge is 0.469 e. The molecule has 0 saturated heterocycles. The van der Waals surface area contributed by atoms with E-state index >= 15 is 0 Å². The first-order chi connectivity index (χ1) is 9.38. The molecule has 1 aromatic carbocycles. The molecule has 1 heterocycles. The van der Waals surface area contributed by atoms with Crippen molar-refractivity contribution in [3.63, 3.8) is 0 Å². The van der Waals surface area contributed by atoms with Crippen molar-refractivity contribution in [2.75, 3.05) is 0 Å². The number of hydrogen-bond donors (Lipinski definition) is 1. The minimum absolute atomic E-state index is 0.328. The van der Waals surface area contributed by atoms with Crippen molar-refractivity contribution in [2.24, 2.45) is 0 Å². The van der Waals surface area contributed by atoms with Gasteiger partial charge in [-0.2, -0.15) is 0 Å². The highest BCUT2D eigenvalue weighted by molar-refractivity contribution is 7.89. The average molecular weight is 301 g/mol. The summed E-state index contributed by atoms with van der Waals surface area (Å²) in [6.45, 7) is 1.63. The van der Waals surface area contributed by atoms with E-state index in [4.69, 9.17) is 4.42 Å². The van der Waals surface area contributed by atoms with Crippen LogP contribution in [0, 0.1) is 11.6 Å². The summed E-state index contributed by atoms with van der Waals surface area (Å²) in [6, 6.07) is 5.24. The van der Waals surface area contributed by atoms with Gasteiger partial charge in [0.05, 0.1) is 6.26 Å². The molecule has 1 aromatic heterocycles. The number of halogens is 2. The second kappa shape index (κ2) is 5.72. The van der Waals surface area contributed by atoms with Gasteiger partial charge in [0.25, 0.3) is 0 Å². The molecule has 108 valence electrons. The first-order valence-corrected chi connectivity index (χ1v) is 7.36. The summed E-state index contributed by atoms with van der Waals surface area (Å²) in [6.07, 6.45) is 1.81. The number of sulfonamides is 1. The summed E-state index contributed by atoms with van der Waals surface area (Å²) in [5, 5.41) is 0. The minimum Gasteiger partial charge on any atom is -0.469 e.